The topological polar surface area (TPSA) is 39.2 Å². The minimum atomic E-state index is -0.436. The number of para-hydroxylation sites is 1. The quantitative estimate of drug-likeness (QED) is 0.687. The molecule has 2 aromatic carbocycles. The van der Waals surface area contributed by atoms with Gasteiger partial charge in [0, 0.05) is 5.39 Å². The van der Waals surface area contributed by atoms with Crippen LogP contribution in [0.3, 0.4) is 0 Å². The van der Waals surface area contributed by atoms with E-state index in [1.165, 1.54) is 12.1 Å². The van der Waals surface area contributed by atoms with Gasteiger partial charge in [-0.3, -0.25) is 0 Å². The minimum absolute atomic E-state index is 0.111. The third kappa shape index (κ3) is 2.98. The number of rotatable bonds is 3. The van der Waals surface area contributed by atoms with E-state index in [0.717, 1.165) is 21.0 Å². The van der Waals surface area contributed by atoms with Crippen LogP contribution in [0.15, 0.2) is 51.4 Å². The van der Waals surface area contributed by atoms with Crippen LogP contribution in [0.1, 0.15) is 17.4 Å². The van der Waals surface area contributed by atoms with Crippen molar-refractivity contribution in [3.63, 3.8) is 0 Å². The van der Waals surface area contributed by atoms with E-state index in [4.69, 9.17) is 21.8 Å². The zero-order valence-electron chi connectivity index (χ0n) is 10.9. The monoisotopic (exact) mass is 367 g/mol. The summed E-state index contributed by atoms with van der Waals surface area (Å²) in [6.07, 6.45) is 0.478. The molecule has 0 aliphatic heterocycles. The van der Waals surface area contributed by atoms with Gasteiger partial charge in [-0.15, -0.1) is 0 Å². The molecule has 0 aliphatic rings. The third-order valence-corrected chi connectivity index (χ3v) is 4.25. The number of nitrogens with two attached hydrogens (primary N) is 1. The Labute approximate surface area is 134 Å². The molecule has 0 saturated carbocycles. The fourth-order valence-corrected chi connectivity index (χ4v) is 2.83. The van der Waals surface area contributed by atoms with Gasteiger partial charge in [0.25, 0.3) is 0 Å². The summed E-state index contributed by atoms with van der Waals surface area (Å²) in [4.78, 5) is 0. The molecule has 0 bridgehead atoms. The van der Waals surface area contributed by atoms with Gasteiger partial charge in [0.2, 0.25) is 0 Å². The molecule has 5 heteroatoms. The molecule has 0 saturated heterocycles. The van der Waals surface area contributed by atoms with Crippen molar-refractivity contribution in [2.24, 2.45) is 5.73 Å². The summed E-state index contributed by atoms with van der Waals surface area (Å²) in [5.74, 6) is 0.237. The number of hydrogen-bond donors (Lipinski definition) is 1. The van der Waals surface area contributed by atoms with Crippen molar-refractivity contribution in [2.45, 2.75) is 12.5 Å². The molecule has 1 heterocycles. The van der Waals surface area contributed by atoms with Crippen LogP contribution in [0.2, 0.25) is 5.02 Å². The number of hydrogen-bond acceptors (Lipinski definition) is 2. The zero-order chi connectivity index (χ0) is 15.0. The van der Waals surface area contributed by atoms with Crippen LogP contribution in [-0.4, -0.2) is 0 Å². The predicted octanol–water partition coefficient (Wildman–Crippen LogP) is 5.23. The van der Waals surface area contributed by atoms with Crippen molar-refractivity contribution in [3.8, 4) is 0 Å². The SMILES string of the molecule is NC(Cc1ccc(Cl)c(F)c1)c1cc2cccc(Br)c2o1. The lowest BCUT2D eigenvalue weighted by Gasteiger charge is -2.09. The summed E-state index contributed by atoms with van der Waals surface area (Å²) in [5, 5.41) is 1.09. The molecule has 2 nitrogen and oxygen atoms in total. The maximum absolute atomic E-state index is 13.4. The van der Waals surface area contributed by atoms with Crippen LogP contribution < -0.4 is 5.73 Å². The normalized spacial score (nSPS) is 12.8. The molecule has 108 valence electrons. The molecular weight excluding hydrogens is 357 g/mol. The van der Waals surface area contributed by atoms with E-state index in [0.29, 0.717) is 12.2 Å². The van der Waals surface area contributed by atoms with Crippen LogP contribution >= 0.6 is 27.5 Å². The highest BCUT2D eigenvalue weighted by Gasteiger charge is 2.15. The molecule has 0 radical (unpaired) electrons. The predicted molar refractivity (Wildman–Crippen MR) is 86.0 cm³/mol. The average Bonchev–Trinajstić information content (AvgIpc) is 2.89. The van der Waals surface area contributed by atoms with Gasteiger partial charge in [0.05, 0.1) is 15.5 Å². The van der Waals surface area contributed by atoms with Crippen LogP contribution in [-0.2, 0) is 6.42 Å². The molecule has 21 heavy (non-hydrogen) atoms. The lowest BCUT2D eigenvalue weighted by Crippen LogP contribution is -2.12. The van der Waals surface area contributed by atoms with Crippen LogP contribution in [0.5, 0.6) is 0 Å². The van der Waals surface area contributed by atoms with E-state index in [1.54, 1.807) is 6.07 Å². The summed E-state index contributed by atoms with van der Waals surface area (Å²) in [6, 6.07) is 12.1. The molecule has 0 amide bonds. The lowest BCUT2D eigenvalue weighted by atomic mass is 10.0. The van der Waals surface area contributed by atoms with Gasteiger partial charge in [0.15, 0.2) is 0 Å². The van der Waals surface area contributed by atoms with Crippen molar-refractivity contribution < 1.29 is 8.81 Å². The maximum Gasteiger partial charge on any atom is 0.148 e. The van der Waals surface area contributed by atoms with Crippen LogP contribution in [0.4, 0.5) is 4.39 Å². The summed E-state index contributed by atoms with van der Waals surface area (Å²) in [6.45, 7) is 0. The second-order valence-corrected chi connectivity index (χ2v) is 6.13. The summed E-state index contributed by atoms with van der Waals surface area (Å²) in [5.41, 5.74) is 7.71. The first kappa shape index (κ1) is 14.6. The summed E-state index contributed by atoms with van der Waals surface area (Å²) >= 11 is 9.12. The average molecular weight is 369 g/mol. The van der Waals surface area contributed by atoms with Crippen LogP contribution in [0.25, 0.3) is 11.0 Å². The Kier molecular flexibility index (Phi) is 4.02. The van der Waals surface area contributed by atoms with E-state index >= 15 is 0 Å². The Morgan fingerprint density at radius 2 is 2.05 bits per heavy atom. The first-order valence-electron chi connectivity index (χ1n) is 6.42. The first-order valence-corrected chi connectivity index (χ1v) is 7.59. The molecule has 1 unspecified atom stereocenters. The Morgan fingerprint density at radius 3 is 2.76 bits per heavy atom. The van der Waals surface area contributed by atoms with E-state index in [9.17, 15) is 4.39 Å². The molecule has 3 rings (SSSR count). The van der Waals surface area contributed by atoms with Crippen molar-refractivity contribution in [2.75, 3.05) is 0 Å². The molecule has 0 aliphatic carbocycles. The maximum atomic E-state index is 13.4. The van der Waals surface area contributed by atoms with Crippen molar-refractivity contribution >= 4 is 38.5 Å². The Hall–Kier alpha value is -1.36. The molecule has 0 fully saturated rings. The van der Waals surface area contributed by atoms with E-state index in [2.05, 4.69) is 15.9 Å². The number of benzene rings is 2. The summed E-state index contributed by atoms with van der Waals surface area (Å²) < 4.78 is 20.1. The molecule has 2 N–H and O–H groups in total. The second-order valence-electron chi connectivity index (χ2n) is 4.87. The Balaban J connectivity index is 1.87. The molecular formula is C16H12BrClFNO. The smallest absolute Gasteiger partial charge is 0.148 e. The minimum Gasteiger partial charge on any atom is -0.458 e. The van der Waals surface area contributed by atoms with E-state index < -0.39 is 5.82 Å². The van der Waals surface area contributed by atoms with Gasteiger partial charge in [-0.05, 0) is 52.2 Å². The Morgan fingerprint density at radius 1 is 1.24 bits per heavy atom. The Bertz CT molecular complexity index is 802. The van der Waals surface area contributed by atoms with Gasteiger partial charge in [0.1, 0.15) is 17.2 Å². The van der Waals surface area contributed by atoms with Gasteiger partial charge < -0.3 is 10.2 Å². The van der Waals surface area contributed by atoms with Crippen LogP contribution in [0, 0.1) is 5.82 Å². The highest BCUT2D eigenvalue weighted by Crippen LogP contribution is 2.30. The fourth-order valence-electron chi connectivity index (χ4n) is 2.25. The second kappa shape index (κ2) is 5.79. The summed E-state index contributed by atoms with van der Waals surface area (Å²) in [7, 11) is 0. The third-order valence-electron chi connectivity index (χ3n) is 3.32. The van der Waals surface area contributed by atoms with Crippen molar-refractivity contribution in [1.29, 1.82) is 0 Å². The zero-order valence-corrected chi connectivity index (χ0v) is 13.3. The first-order chi connectivity index (χ1) is 10.0. The lowest BCUT2D eigenvalue weighted by molar-refractivity contribution is 0.492. The highest BCUT2D eigenvalue weighted by atomic mass is 79.9. The highest BCUT2D eigenvalue weighted by molar-refractivity contribution is 9.10. The van der Waals surface area contributed by atoms with Gasteiger partial charge in [-0.25, -0.2) is 4.39 Å². The molecule has 1 atom stereocenters. The van der Waals surface area contributed by atoms with Crippen molar-refractivity contribution in [3.05, 3.63) is 69.1 Å². The van der Waals surface area contributed by atoms with Gasteiger partial charge in [-0.2, -0.15) is 0 Å². The molecule has 0 spiro atoms. The van der Waals surface area contributed by atoms with E-state index in [-0.39, 0.29) is 11.1 Å². The standard InChI is InChI=1S/C16H12BrClFNO/c17-11-3-1-2-10-8-15(21-16(10)11)14(20)7-9-4-5-12(18)13(19)6-9/h1-6,8,14H,7,20H2. The fraction of sp³-hybridized carbons (Fsp3) is 0.125. The largest absolute Gasteiger partial charge is 0.458 e. The van der Waals surface area contributed by atoms with Gasteiger partial charge >= 0.3 is 0 Å². The molecule has 3 aromatic rings. The molecule has 1 aromatic heterocycles. The number of fused-ring (bicyclic) bond motifs is 1. The van der Waals surface area contributed by atoms with Crippen molar-refractivity contribution in [1.82, 2.24) is 0 Å². The van der Waals surface area contributed by atoms with Gasteiger partial charge in [-0.1, -0.05) is 29.8 Å². The number of halogens is 3. The van der Waals surface area contributed by atoms with E-state index in [1.807, 2.05) is 24.3 Å². The number of furan rings is 1.